The Morgan fingerprint density at radius 1 is 1.50 bits per heavy atom. The van der Waals surface area contributed by atoms with Gasteiger partial charge in [0.1, 0.15) is 0 Å². The summed E-state index contributed by atoms with van der Waals surface area (Å²) in [7, 11) is 1.98. The third-order valence-corrected chi connectivity index (χ3v) is 2.82. The molecule has 0 aliphatic carbocycles. The second-order valence-electron chi connectivity index (χ2n) is 2.47. The van der Waals surface area contributed by atoms with Crippen molar-refractivity contribution in [3.63, 3.8) is 0 Å². The fourth-order valence-corrected chi connectivity index (χ4v) is 1.81. The van der Waals surface area contributed by atoms with E-state index >= 15 is 0 Å². The van der Waals surface area contributed by atoms with Crippen molar-refractivity contribution < 1.29 is 0 Å². The van der Waals surface area contributed by atoms with Gasteiger partial charge >= 0.3 is 0 Å². The molecule has 0 bridgehead atoms. The SMILES string of the molecule is CNCc1csc(C)c1C. The second kappa shape index (κ2) is 3.17. The van der Waals surface area contributed by atoms with E-state index in [1.54, 1.807) is 0 Å². The van der Waals surface area contributed by atoms with Crippen LogP contribution in [0, 0.1) is 13.8 Å². The zero-order chi connectivity index (χ0) is 7.56. The summed E-state index contributed by atoms with van der Waals surface area (Å²) in [5.41, 5.74) is 2.88. The Hall–Kier alpha value is -0.340. The predicted octanol–water partition coefficient (Wildman–Crippen LogP) is 2.08. The molecule has 1 nitrogen and oxygen atoms in total. The van der Waals surface area contributed by atoms with Crippen LogP contribution in [-0.4, -0.2) is 7.05 Å². The van der Waals surface area contributed by atoms with E-state index in [1.165, 1.54) is 16.0 Å². The van der Waals surface area contributed by atoms with Gasteiger partial charge in [0.15, 0.2) is 0 Å². The van der Waals surface area contributed by atoms with E-state index < -0.39 is 0 Å². The number of hydrogen-bond acceptors (Lipinski definition) is 2. The summed E-state index contributed by atoms with van der Waals surface area (Å²) >= 11 is 1.83. The van der Waals surface area contributed by atoms with E-state index in [-0.39, 0.29) is 0 Å². The molecule has 1 aromatic rings. The number of nitrogens with one attached hydrogen (secondary N) is 1. The van der Waals surface area contributed by atoms with Crippen molar-refractivity contribution in [2.75, 3.05) is 7.05 Å². The lowest BCUT2D eigenvalue weighted by molar-refractivity contribution is 0.815. The highest BCUT2D eigenvalue weighted by Crippen LogP contribution is 2.19. The molecule has 1 heterocycles. The first-order valence-electron chi connectivity index (χ1n) is 3.44. The molecule has 10 heavy (non-hydrogen) atoms. The van der Waals surface area contributed by atoms with E-state index in [1.807, 2.05) is 18.4 Å². The molecule has 0 unspecified atom stereocenters. The smallest absolute Gasteiger partial charge is 0.0213 e. The van der Waals surface area contributed by atoms with Crippen LogP contribution < -0.4 is 5.32 Å². The lowest BCUT2D eigenvalue weighted by atomic mass is 10.2. The maximum Gasteiger partial charge on any atom is 0.0213 e. The molecule has 0 aliphatic rings. The van der Waals surface area contributed by atoms with E-state index in [2.05, 4.69) is 24.5 Å². The normalized spacial score (nSPS) is 10.3. The van der Waals surface area contributed by atoms with Crippen molar-refractivity contribution in [3.05, 3.63) is 21.4 Å². The lowest BCUT2D eigenvalue weighted by Crippen LogP contribution is -2.04. The van der Waals surface area contributed by atoms with Crippen LogP contribution in [0.4, 0.5) is 0 Å². The summed E-state index contributed by atoms with van der Waals surface area (Å²) in [6, 6.07) is 0. The highest BCUT2D eigenvalue weighted by molar-refractivity contribution is 7.10. The van der Waals surface area contributed by atoms with Gasteiger partial charge in [0, 0.05) is 11.4 Å². The van der Waals surface area contributed by atoms with Crippen molar-refractivity contribution >= 4 is 11.3 Å². The first-order valence-corrected chi connectivity index (χ1v) is 4.32. The lowest BCUT2D eigenvalue weighted by Gasteiger charge is -1.96. The van der Waals surface area contributed by atoms with E-state index in [0.717, 1.165) is 6.54 Å². The van der Waals surface area contributed by atoms with Gasteiger partial charge in [0.2, 0.25) is 0 Å². The van der Waals surface area contributed by atoms with Gasteiger partial charge in [-0.2, -0.15) is 0 Å². The number of aryl methyl sites for hydroxylation is 1. The molecular weight excluding hydrogens is 142 g/mol. The summed E-state index contributed by atoms with van der Waals surface area (Å²) < 4.78 is 0. The predicted molar refractivity (Wildman–Crippen MR) is 46.6 cm³/mol. The maximum absolute atomic E-state index is 3.14. The van der Waals surface area contributed by atoms with Crippen LogP contribution in [0.5, 0.6) is 0 Å². The molecule has 1 rings (SSSR count). The van der Waals surface area contributed by atoms with E-state index in [4.69, 9.17) is 0 Å². The molecule has 1 aromatic heterocycles. The van der Waals surface area contributed by atoms with Crippen LogP contribution in [0.15, 0.2) is 5.38 Å². The minimum atomic E-state index is 0.996. The molecule has 0 saturated carbocycles. The second-order valence-corrected chi connectivity index (χ2v) is 3.56. The van der Waals surface area contributed by atoms with Gasteiger partial charge in [0.25, 0.3) is 0 Å². The highest BCUT2D eigenvalue weighted by Gasteiger charge is 2.00. The van der Waals surface area contributed by atoms with Crippen LogP contribution in [-0.2, 0) is 6.54 Å². The highest BCUT2D eigenvalue weighted by atomic mass is 32.1. The number of rotatable bonds is 2. The van der Waals surface area contributed by atoms with Gasteiger partial charge in [-0.05, 0) is 37.4 Å². The van der Waals surface area contributed by atoms with Gasteiger partial charge in [-0.15, -0.1) is 11.3 Å². The molecular formula is C8H13NS. The number of thiophene rings is 1. The topological polar surface area (TPSA) is 12.0 Å². The maximum atomic E-state index is 3.14. The summed E-state index contributed by atoms with van der Waals surface area (Å²) in [6.07, 6.45) is 0. The largest absolute Gasteiger partial charge is 0.316 e. The molecule has 0 aliphatic heterocycles. The first-order chi connectivity index (χ1) is 4.75. The van der Waals surface area contributed by atoms with Crippen molar-refractivity contribution in [2.24, 2.45) is 0 Å². The van der Waals surface area contributed by atoms with Crippen molar-refractivity contribution in [3.8, 4) is 0 Å². The Kier molecular flexibility index (Phi) is 2.46. The van der Waals surface area contributed by atoms with Crippen LogP contribution in [0.25, 0.3) is 0 Å². The zero-order valence-corrected chi connectivity index (χ0v) is 7.51. The molecule has 0 atom stereocenters. The molecule has 0 radical (unpaired) electrons. The van der Waals surface area contributed by atoms with Gasteiger partial charge in [-0.1, -0.05) is 0 Å². The van der Waals surface area contributed by atoms with Gasteiger partial charge in [0.05, 0.1) is 0 Å². The third kappa shape index (κ3) is 1.39. The Labute approximate surface area is 66.1 Å². The Morgan fingerprint density at radius 2 is 2.20 bits per heavy atom. The fourth-order valence-electron chi connectivity index (χ4n) is 0.927. The average molecular weight is 155 g/mol. The summed E-state index contributed by atoms with van der Waals surface area (Å²) in [4.78, 5) is 1.44. The summed E-state index contributed by atoms with van der Waals surface area (Å²) in [5, 5.41) is 5.37. The van der Waals surface area contributed by atoms with Crippen LogP contribution in [0.2, 0.25) is 0 Å². The van der Waals surface area contributed by atoms with Crippen LogP contribution >= 0.6 is 11.3 Å². The van der Waals surface area contributed by atoms with Gasteiger partial charge < -0.3 is 5.32 Å². The molecule has 56 valence electrons. The van der Waals surface area contributed by atoms with Gasteiger partial charge in [-0.3, -0.25) is 0 Å². The average Bonchev–Trinajstić information content (AvgIpc) is 2.20. The van der Waals surface area contributed by atoms with E-state index in [9.17, 15) is 0 Å². The molecule has 1 N–H and O–H groups in total. The Balaban J connectivity index is 2.83. The number of hydrogen-bond donors (Lipinski definition) is 1. The standard InChI is InChI=1S/C8H13NS/c1-6-7(2)10-5-8(6)4-9-3/h5,9H,4H2,1-3H3. The summed E-state index contributed by atoms with van der Waals surface area (Å²) in [5.74, 6) is 0. The fraction of sp³-hybridized carbons (Fsp3) is 0.500. The monoisotopic (exact) mass is 155 g/mol. The van der Waals surface area contributed by atoms with Crippen LogP contribution in [0.3, 0.4) is 0 Å². The molecule has 0 saturated heterocycles. The molecule has 2 heteroatoms. The molecule has 0 amide bonds. The Morgan fingerprint density at radius 3 is 2.60 bits per heavy atom. The van der Waals surface area contributed by atoms with Gasteiger partial charge in [-0.25, -0.2) is 0 Å². The van der Waals surface area contributed by atoms with E-state index in [0.29, 0.717) is 0 Å². The molecule has 0 aromatic carbocycles. The minimum Gasteiger partial charge on any atom is -0.316 e. The first kappa shape index (κ1) is 7.76. The van der Waals surface area contributed by atoms with Crippen molar-refractivity contribution in [1.82, 2.24) is 5.32 Å². The zero-order valence-electron chi connectivity index (χ0n) is 6.69. The van der Waals surface area contributed by atoms with Crippen molar-refractivity contribution in [2.45, 2.75) is 20.4 Å². The molecule has 0 spiro atoms. The Bertz CT molecular complexity index is 215. The van der Waals surface area contributed by atoms with Crippen molar-refractivity contribution in [1.29, 1.82) is 0 Å². The minimum absolute atomic E-state index is 0.996. The quantitative estimate of drug-likeness (QED) is 0.689. The third-order valence-electron chi connectivity index (χ3n) is 1.75. The molecule has 0 fully saturated rings. The van der Waals surface area contributed by atoms with Crippen LogP contribution in [0.1, 0.15) is 16.0 Å². The summed E-state index contributed by atoms with van der Waals surface area (Å²) in [6.45, 7) is 5.34.